The maximum Gasteiger partial charge on any atom is 0.253 e. The second kappa shape index (κ2) is 6.53. The van der Waals surface area contributed by atoms with Crippen LogP contribution in [-0.2, 0) is 4.79 Å². The van der Waals surface area contributed by atoms with Gasteiger partial charge >= 0.3 is 0 Å². The van der Waals surface area contributed by atoms with E-state index in [-0.39, 0.29) is 18.2 Å². The minimum absolute atomic E-state index is 0.0233. The number of rotatable bonds is 2. The Morgan fingerprint density at radius 2 is 1.65 bits per heavy atom. The smallest absolute Gasteiger partial charge is 0.253 e. The molecule has 104 valence electrons. The number of nitriles is 1. The summed E-state index contributed by atoms with van der Waals surface area (Å²) < 4.78 is 0.931. The molecule has 0 unspecified atom stereocenters. The predicted molar refractivity (Wildman–Crippen MR) is 76.9 cm³/mol. The van der Waals surface area contributed by atoms with Crippen LogP contribution in [0.25, 0.3) is 0 Å². The molecule has 5 nitrogen and oxygen atoms in total. The van der Waals surface area contributed by atoms with E-state index in [1.54, 1.807) is 21.9 Å². The summed E-state index contributed by atoms with van der Waals surface area (Å²) in [7, 11) is 0. The molecule has 0 radical (unpaired) electrons. The summed E-state index contributed by atoms with van der Waals surface area (Å²) >= 11 is 3.33. The molecule has 20 heavy (non-hydrogen) atoms. The SMILES string of the molecule is N#CCC(=O)N1CCN(C(=O)c2ccc(Br)cc2)CC1. The van der Waals surface area contributed by atoms with Crippen molar-refractivity contribution in [1.29, 1.82) is 5.26 Å². The van der Waals surface area contributed by atoms with Crippen molar-refractivity contribution >= 4 is 27.7 Å². The van der Waals surface area contributed by atoms with E-state index in [1.807, 2.05) is 18.2 Å². The molecule has 6 heteroatoms. The van der Waals surface area contributed by atoms with Crippen molar-refractivity contribution in [3.8, 4) is 6.07 Å². The van der Waals surface area contributed by atoms with E-state index in [4.69, 9.17) is 5.26 Å². The largest absolute Gasteiger partial charge is 0.338 e. The summed E-state index contributed by atoms with van der Waals surface area (Å²) in [6, 6.07) is 9.08. The molecule has 1 fully saturated rings. The van der Waals surface area contributed by atoms with Gasteiger partial charge in [-0.3, -0.25) is 9.59 Å². The van der Waals surface area contributed by atoms with Gasteiger partial charge in [0.25, 0.3) is 5.91 Å². The number of nitrogens with zero attached hydrogens (tertiary/aromatic N) is 3. The third-order valence-corrected chi connectivity index (χ3v) is 3.77. The molecule has 1 heterocycles. The standard InChI is InChI=1S/C14H14BrN3O2/c15-12-3-1-11(2-4-12)14(20)18-9-7-17(8-10-18)13(19)5-6-16/h1-4H,5,7-10H2. The summed E-state index contributed by atoms with van der Waals surface area (Å²) in [5.74, 6) is -0.187. The number of halogens is 1. The first-order valence-corrected chi connectivity index (χ1v) is 7.10. The maximum absolute atomic E-state index is 12.3. The van der Waals surface area contributed by atoms with Gasteiger partial charge in [-0.1, -0.05) is 15.9 Å². The van der Waals surface area contributed by atoms with E-state index >= 15 is 0 Å². The minimum atomic E-state index is -0.164. The third kappa shape index (κ3) is 3.36. The summed E-state index contributed by atoms with van der Waals surface area (Å²) in [5, 5.41) is 8.51. The quantitative estimate of drug-likeness (QED) is 0.825. The van der Waals surface area contributed by atoms with E-state index in [0.717, 1.165) is 4.47 Å². The fourth-order valence-corrected chi connectivity index (χ4v) is 2.38. The first kappa shape index (κ1) is 14.5. The molecule has 1 aliphatic rings. The average Bonchev–Trinajstić information content (AvgIpc) is 2.48. The van der Waals surface area contributed by atoms with Crippen LogP contribution in [0.4, 0.5) is 0 Å². The second-order valence-electron chi connectivity index (χ2n) is 4.51. The van der Waals surface area contributed by atoms with Gasteiger partial charge in [0.2, 0.25) is 5.91 Å². The number of hydrogen-bond acceptors (Lipinski definition) is 3. The molecular formula is C14H14BrN3O2. The van der Waals surface area contributed by atoms with Crippen molar-refractivity contribution in [2.24, 2.45) is 0 Å². The van der Waals surface area contributed by atoms with Crippen LogP contribution in [0.1, 0.15) is 16.8 Å². The topological polar surface area (TPSA) is 64.4 Å². The lowest BCUT2D eigenvalue weighted by Gasteiger charge is -2.34. The number of carbonyl (C=O) groups is 2. The van der Waals surface area contributed by atoms with Gasteiger partial charge in [-0.05, 0) is 24.3 Å². The Hall–Kier alpha value is -1.87. The number of piperazine rings is 1. The van der Waals surface area contributed by atoms with Gasteiger partial charge in [0.15, 0.2) is 0 Å². The van der Waals surface area contributed by atoms with Crippen LogP contribution >= 0.6 is 15.9 Å². The lowest BCUT2D eigenvalue weighted by atomic mass is 10.2. The van der Waals surface area contributed by atoms with Crippen molar-refractivity contribution in [3.05, 3.63) is 34.3 Å². The van der Waals surface area contributed by atoms with Crippen LogP contribution in [0.5, 0.6) is 0 Å². The minimum Gasteiger partial charge on any atom is -0.338 e. The molecule has 1 aromatic carbocycles. The maximum atomic E-state index is 12.3. The molecule has 1 aromatic rings. The van der Waals surface area contributed by atoms with Crippen molar-refractivity contribution in [2.75, 3.05) is 26.2 Å². The number of carbonyl (C=O) groups excluding carboxylic acids is 2. The van der Waals surface area contributed by atoms with Gasteiger partial charge in [-0.25, -0.2) is 0 Å². The fourth-order valence-electron chi connectivity index (χ4n) is 2.11. The molecule has 0 bridgehead atoms. The summed E-state index contributed by atoms with van der Waals surface area (Å²) in [4.78, 5) is 27.2. The first-order chi connectivity index (χ1) is 9.61. The molecule has 2 amide bonds. The van der Waals surface area contributed by atoms with E-state index in [9.17, 15) is 9.59 Å². The molecule has 0 N–H and O–H groups in total. The monoisotopic (exact) mass is 335 g/mol. The number of benzene rings is 1. The molecule has 0 aromatic heterocycles. The highest BCUT2D eigenvalue weighted by Gasteiger charge is 2.24. The van der Waals surface area contributed by atoms with Gasteiger partial charge in [-0.2, -0.15) is 5.26 Å². The number of amides is 2. The fraction of sp³-hybridized carbons (Fsp3) is 0.357. The Morgan fingerprint density at radius 3 is 2.20 bits per heavy atom. The highest BCUT2D eigenvalue weighted by Crippen LogP contribution is 2.13. The van der Waals surface area contributed by atoms with Gasteiger partial charge in [0.05, 0.1) is 6.07 Å². The zero-order chi connectivity index (χ0) is 14.5. The first-order valence-electron chi connectivity index (χ1n) is 6.31. The summed E-state index contributed by atoms with van der Waals surface area (Å²) in [6.45, 7) is 1.99. The summed E-state index contributed by atoms with van der Waals surface area (Å²) in [6.07, 6.45) is -0.0966. The Balaban J connectivity index is 1.94. The van der Waals surface area contributed by atoms with E-state index in [0.29, 0.717) is 31.7 Å². The average molecular weight is 336 g/mol. The van der Waals surface area contributed by atoms with Gasteiger partial charge < -0.3 is 9.80 Å². The van der Waals surface area contributed by atoms with Crippen LogP contribution in [0.15, 0.2) is 28.7 Å². The van der Waals surface area contributed by atoms with Crippen LogP contribution in [0.3, 0.4) is 0 Å². The Labute approximate surface area is 125 Å². The molecule has 0 atom stereocenters. The van der Waals surface area contributed by atoms with Crippen LogP contribution < -0.4 is 0 Å². The molecule has 0 spiro atoms. The van der Waals surface area contributed by atoms with E-state index < -0.39 is 0 Å². The highest BCUT2D eigenvalue weighted by molar-refractivity contribution is 9.10. The Kier molecular flexibility index (Phi) is 4.74. The van der Waals surface area contributed by atoms with Gasteiger partial charge in [0, 0.05) is 36.2 Å². The zero-order valence-electron chi connectivity index (χ0n) is 10.9. The highest BCUT2D eigenvalue weighted by atomic mass is 79.9. The molecule has 0 aliphatic carbocycles. The molecule has 1 aliphatic heterocycles. The normalized spacial score (nSPS) is 14.8. The molecule has 1 saturated heterocycles. The second-order valence-corrected chi connectivity index (χ2v) is 5.43. The van der Waals surface area contributed by atoms with Crippen LogP contribution in [0, 0.1) is 11.3 Å². The van der Waals surface area contributed by atoms with Gasteiger partial charge in [-0.15, -0.1) is 0 Å². The Morgan fingerprint density at radius 1 is 1.10 bits per heavy atom. The van der Waals surface area contributed by atoms with Crippen LogP contribution in [0.2, 0.25) is 0 Å². The zero-order valence-corrected chi connectivity index (χ0v) is 12.5. The molecule has 0 saturated carbocycles. The lowest BCUT2D eigenvalue weighted by Crippen LogP contribution is -2.50. The number of hydrogen-bond donors (Lipinski definition) is 0. The predicted octanol–water partition coefficient (Wildman–Crippen LogP) is 1.65. The van der Waals surface area contributed by atoms with E-state index in [1.165, 1.54) is 0 Å². The summed E-state index contributed by atoms with van der Waals surface area (Å²) in [5.41, 5.74) is 0.644. The van der Waals surface area contributed by atoms with Gasteiger partial charge in [0.1, 0.15) is 6.42 Å². The third-order valence-electron chi connectivity index (χ3n) is 3.24. The Bertz CT molecular complexity index is 543. The van der Waals surface area contributed by atoms with Crippen molar-refractivity contribution < 1.29 is 9.59 Å². The van der Waals surface area contributed by atoms with Crippen molar-refractivity contribution in [3.63, 3.8) is 0 Å². The van der Waals surface area contributed by atoms with Crippen molar-refractivity contribution in [1.82, 2.24) is 9.80 Å². The van der Waals surface area contributed by atoms with Crippen LogP contribution in [-0.4, -0.2) is 47.8 Å². The molecular weight excluding hydrogens is 322 g/mol. The molecule has 2 rings (SSSR count). The van der Waals surface area contributed by atoms with E-state index in [2.05, 4.69) is 15.9 Å². The van der Waals surface area contributed by atoms with Crippen molar-refractivity contribution in [2.45, 2.75) is 6.42 Å². The lowest BCUT2D eigenvalue weighted by molar-refractivity contribution is -0.131.